The molecule has 2 aromatic rings. The number of aromatic hydroxyl groups is 1. The Morgan fingerprint density at radius 1 is 1.39 bits per heavy atom. The summed E-state index contributed by atoms with van der Waals surface area (Å²) in [4.78, 5) is 7.22. The number of phenols is 1. The van der Waals surface area contributed by atoms with E-state index in [1.807, 2.05) is 6.20 Å². The summed E-state index contributed by atoms with van der Waals surface area (Å²) in [5, 5.41) is 13.5. The second kappa shape index (κ2) is 6.42. The highest BCUT2D eigenvalue weighted by Crippen LogP contribution is 2.20. The van der Waals surface area contributed by atoms with Crippen molar-refractivity contribution in [3.8, 4) is 5.75 Å². The van der Waals surface area contributed by atoms with E-state index in [2.05, 4.69) is 15.3 Å². The molecule has 0 aliphatic rings. The van der Waals surface area contributed by atoms with Crippen LogP contribution in [0, 0.1) is 0 Å². The lowest BCUT2D eigenvalue weighted by Gasteiger charge is -2.06. The van der Waals surface area contributed by atoms with Gasteiger partial charge in [0, 0.05) is 35.9 Å². The van der Waals surface area contributed by atoms with E-state index in [1.54, 1.807) is 24.4 Å². The van der Waals surface area contributed by atoms with Crippen LogP contribution in [-0.2, 0) is 13.0 Å². The van der Waals surface area contributed by atoms with E-state index in [0.29, 0.717) is 11.6 Å². The van der Waals surface area contributed by atoms with Crippen LogP contribution in [0.1, 0.15) is 17.8 Å². The molecule has 5 heteroatoms. The molecule has 1 aromatic carbocycles. The van der Waals surface area contributed by atoms with Crippen molar-refractivity contribution < 1.29 is 5.11 Å². The van der Waals surface area contributed by atoms with E-state index in [4.69, 9.17) is 11.6 Å². The molecule has 4 nitrogen and oxygen atoms in total. The lowest BCUT2D eigenvalue weighted by molar-refractivity contribution is 0.464. The third kappa shape index (κ3) is 3.75. The fourth-order valence-corrected chi connectivity index (χ4v) is 1.93. The van der Waals surface area contributed by atoms with Gasteiger partial charge in [-0.25, -0.2) is 4.98 Å². The molecular weight excluding hydrogens is 250 g/mol. The second-order valence-electron chi connectivity index (χ2n) is 4.09. The van der Waals surface area contributed by atoms with Crippen molar-refractivity contribution in [1.29, 1.82) is 0 Å². The summed E-state index contributed by atoms with van der Waals surface area (Å²) in [5.41, 5.74) is 0.820. The maximum absolute atomic E-state index is 9.63. The van der Waals surface area contributed by atoms with E-state index < -0.39 is 0 Å². The third-order valence-electron chi connectivity index (χ3n) is 2.68. The number of nitrogens with one attached hydrogen (secondary N) is 2. The fourth-order valence-electron chi connectivity index (χ4n) is 1.73. The van der Waals surface area contributed by atoms with Gasteiger partial charge in [-0.15, -0.1) is 0 Å². The zero-order valence-corrected chi connectivity index (χ0v) is 10.7. The van der Waals surface area contributed by atoms with Gasteiger partial charge in [0.2, 0.25) is 0 Å². The van der Waals surface area contributed by atoms with Gasteiger partial charge >= 0.3 is 0 Å². The molecular formula is C13H16ClN3O. The number of aryl methyl sites for hydroxylation is 1. The Morgan fingerprint density at radius 2 is 2.28 bits per heavy atom. The first-order valence-corrected chi connectivity index (χ1v) is 6.30. The lowest BCUT2D eigenvalue weighted by atomic mass is 10.2. The normalized spacial score (nSPS) is 10.7. The molecule has 0 bridgehead atoms. The highest BCUT2D eigenvalue weighted by atomic mass is 35.5. The minimum atomic E-state index is 0.276. The van der Waals surface area contributed by atoms with E-state index in [1.165, 1.54) is 0 Å². The number of hydrogen-bond acceptors (Lipinski definition) is 3. The maximum atomic E-state index is 9.63. The molecule has 18 heavy (non-hydrogen) atoms. The van der Waals surface area contributed by atoms with Crippen LogP contribution in [0.4, 0.5) is 0 Å². The summed E-state index contributed by atoms with van der Waals surface area (Å²) in [6.45, 7) is 1.48. The van der Waals surface area contributed by atoms with Crippen LogP contribution in [0.5, 0.6) is 5.75 Å². The van der Waals surface area contributed by atoms with Crippen molar-refractivity contribution in [1.82, 2.24) is 15.3 Å². The number of imidazole rings is 1. The summed E-state index contributed by atoms with van der Waals surface area (Å²) in [6.07, 6.45) is 5.50. The molecule has 0 radical (unpaired) electrons. The molecule has 0 aliphatic heterocycles. The lowest BCUT2D eigenvalue weighted by Crippen LogP contribution is -2.15. The second-order valence-corrected chi connectivity index (χ2v) is 4.53. The van der Waals surface area contributed by atoms with Crippen molar-refractivity contribution in [2.24, 2.45) is 0 Å². The maximum Gasteiger partial charge on any atom is 0.120 e. The first-order chi connectivity index (χ1) is 8.75. The summed E-state index contributed by atoms with van der Waals surface area (Å²) in [6, 6.07) is 5.07. The topological polar surface area (TPSA) is 60.9 Å². The predicted molar refractivity (Wildman–Crippen MR) is 71.7 cm³/mol. The van der Waals surface area contributed by atoms with E-state index in [0.717, 1.165) is 30.8 Å². The Morgan fingerprint density at radius 3 is 3.06 bits per heavy atom. The number of benzene rings is 1. The first kappa shape index (κ1) is 12.9. The quantitative estimate of drug-likeness (QED) is 0.704. The van der Waals surface area contributed by atoms with E-state index in [-0.39, 0.29) is 5.75 Å². The van der Waals surface area contributed by atoms with Gasteiger partial charge in [-0.2, -0.15) is 0 Å². The van der Waals surface area contributed by atoms with Crippen LogP contribution in [0.15, 0.2) is 30.6 Å². The highest BCUT2D eigenvalue weighted by molar-refractivity contribution is 6.30. The Labute approximate surface area is 111 Å². The number of aromatic nitrogens is 2. The standard InChI is InChI=1S/C13H16ClN3O/c14-11-3-4-12(18)10(8-11)9-15-5-1-2-13-16-6-7-17-13/h3-4,6-8,15,18H,1-2,5,9H2,(H,16,17). The van der Waals surface area contributed by atoms with Gasteiger partial charge in [0.05, 0.1) is 0 Å². The monoisotopic (exact) mass is 265 g/mol. The third-order valence-corrected chi connectivity index (χ3v) is 2.91. The van der Waals surface area contributed by atoms with Crippen LogP contribution < -0.4 is 5.32 Å². The van der Waals surface area contributed by atoms with Crippen molar-refractivity contribution in [3.05, 3.63) is 47.0 Å². The number of aromatic amines is 1. The molecule has 0 spiro atoms. The smallest absolute Gasteiger partial charge is 0.120 e. The molecule has 0 aliphatic carbocycles. The predicted octanol–water partition coefficient (Wildman–Crippen LogP) is 2.49. The average molecular weight is 266 g/mol. The molecule has 0 amide bonds. The summed E-state index contributed by atoms with van der Waals surface area (Å²) >= 11 is 5.87. The molecule has 0 saturated carbocycles. The van der Waals surface area contributed by atoms with Crippen LogP contribution in [-0.4, -0.2) is 21.6 Å². The molecule has 0 atom stereocenters. The Hall–Kier alpha value is -1.52. The molecule has 3 N–H and O–H groups in total. The van der Waals surface area contributed by atoms with Gasteiger partial charge in [0.15, 0.2) is 0 Å². The molecule has 1 aromatic heterocycles. The SMILES string of the molecule is Oc1ccc(Cl)cc1CNCCCc1ncc[nH]1. The minimum absolute atomic E-state index is 0.276. The number of hydrogen-bond donors (Lipinski definition) is 3. The number of H-pyrrole nitrogens is 1. The number of nitrogens with zero attached hydrogens (tertiary/aromatic N) is 1. The zero-order valence-electron chi connectivity index (χ0n) is 9.99. The van der Waals surface area contributed by atoms with Crippen LogP contribution in [0.2, 0.25) is 5.02 Å². The number of phenolic OH excluding ortho intramolecular Hbond substituents is 1. The minimum Gasteiger partial charge on any atom is -0.508 e. The Balaban J connectivity index is 1.70. The molecule has 0 fully saturated rings. The summed E-state index contributed by atoms with van der Waals surface area (Å²) < 4.78 is 0. The molecule has 0 unspecified atom stereocenters. The Kier molecular flexibility index (Phi) is 4.61. The van der Waals surface area contributed by atoms with Crippen molar-refractivity contribution in [3.63, 3.8) is 0 Å². The largest absolute Gasteiger partial charge is 0.508 e. The van der Waals surface area contributed by atoms with Crippen molar-refractivity contribution in [2.45, 2.75) is 19.4 Å². The van der Waals surface area contributed by atoms with Gasteiger partial charge < -0.3 is 15.4 Å². The van der Waals surface area contributed by atoms with Gasteiger partial charge in [-0.1, -0.05) is 11.6 Å². The zero-order chi connectivity index (χ0) is 12.8. The van der Waals surface area contributed by atoms with Gasteiger partial charge in [-0.05, 0) is 31.2 Å². The molecule has 2 rings (SSSR count). The van der Waals surface area contributed by atoms with Crippen molar-refractivity contribution in [2.75, 3.05) is 6.54 Å². The fraction of sp³-hybridized carbons (Fsp3) is 0.308. The highest BCUT2D eigenvalue weighted by Gasteiger charge is 2.01. The van der Waals surface area contributed by atoms with E-state index in [9.17, 15) is 5.11 Å². The van der Waals surface area contributed by atoms with Crippen molar-refractivity contribution >= 4 is 11.6 Å². The van der Waals surface area contributed by atoms with Gasteiger partial charge in [-0.3, -0.25) is 0 Å². The van der Waals surface area contributed by atoms with Gasteiger partial charge in [0.1, 0.15) is 11.6 Å². The van der Waals surface area contributed by atoms with E-state index >= 15 is 0 Å². The Bertz CT molecular complexity index is 485. The summed E-state index contributed by atoms with van der Waals surface area (Å²) in [7, 11) is 0. The molecule has 0 saturated heterocycles. The average Bonchev–Trinajstić information content (AvgIpc) is 2.86. The molecule has 1 heterocycles. The number of rotatable bonds is 6. The van der Waals surface area contributed by atoms with Crippen LogP contribution in [0.25, 0.3) is 0 Å². The summed E-state index contributed by atoms with van der Waals surface area (Å²) in [5.74, 6) is 1.28. The van der Waals surface area contributed by atoms with Gasteiger partial charge in [0.25, 0.3) is 0 Å². The first-order valence-electron chi connectivity index (χ1n) is 5.92. The molecule has 96 valence electrons. The van der Waals surface area contributed by atoms with Crippen LogP contribution >= 0.6 is 11.6 Å². The van der Waals surface area contributed by atoms with Crippen LogP contribution in [0.3, 0.4) is 0 Å². The number of halogens is 1.